The second-order valence-electron chi connectivity index (χ2n) is 15.0. The first kappa shape index (κ1) is 35.7. The van der Waals surface area contributed by atoms with Crippen molar-refractivity contribution in [1.82, 2.24) is 0 Å². The average Bonchev–Trinajstić information content (AvgIpc) is 3.45. The van der Waals surface area contributed by atoms with E-state index in [0.717, 1.165) is 18.6 Å². The van der Waals surface area contributed by atoms with E-state index in [0.29, 0.717) is 6.61 Å². The summed E-state index contributed by atoms with van der Waals surface area (Å²) in [5.41, 5.74) is 16.7. The van der Waals surface area contributed by atoms with Gasteiger partial charge in [-0.05, 0) is 111 Å². The molecule has 0 radical (unpaired) electrons. The zero-order chi connectivity index (χ0) is 35.3. The number of rotatable bonds is 15. The van der Waals surface area contributed by atoms with Crippen LogP contribution in [-0.2, 0) is 12.8 Å². The van der Waals surface area contributed by atoms with Crippen molar-refractivity contribution in [1.29, 1.82) is 0 Å². The molecule has 0 fully saturated rings. The minimum atomic E-state index is -2.34. The monoisotopic (exact) mass is 676 g/mol. The first-order valence-corrected chi connectivity index (χ1v) is 22.2. The first-order valence-electron chi connectivity index (χ1n) is 19.1. The minimum absolute atomic E-state index is 0.279. The lowest BCUT2D eigenvalue weighted by Crippen LogP contribution is -2.49. The van der Waals surface area contributed by atoms with Gasteiger partial charge in [-0.3, -0.25) is 0 Å². The fraction of sp³-hybridized carbons (Fsp3) is 0.333. The smallest absolute Gasteiger partial charge is 0.122 e. The Morgan fingerprint density at radius 2 is 1.18 bits per heavy atom. The van der Waals surface area contributed by atoms with Gasteiger partial charge < -0.3 is 4.74 Å². The first-order chi connectivity index (χ1) is 24.3. The summed E-state index contributed by atoms with van der Waals surface area (Å²) in [6, 6.07) is 37.2. The standard InChI is InChI=1S/C48H56OSi/c1-8-11-13-21-36-30-39(22-14-12-9-2)47(49-29-10-3)46(31-36)50(6,7)48-44-32-37(40-23-17-15-19-34(40)4)25-27-42(44)43-28-26-38(33-45(43)48)41-24-18-16-20-35(41)5/h10,15-20,23-28,30-33,48H,3,8-9,11-14,21-22,29H2,1-2,4-7H3. The van der Waals surface area contributed by atoms with Crippen LogP contribution in [0, 0.1) is 13.8 Å². The van der Waals surface area contributed by atoms with Crippen LogP contribution in [-0.4, -0.2) is 14.7 Å². The zero-order valence-corrected chi connectivity index (χ0v) is 32.4. The number of benzene rings is 5. The SMILES string of the molecule is C=CCOc1c(CCCCC)cc(CCCCC)cc1[Si](C)(C)C1c2cc(-c3ccccc3C)ccc2-c2ccc(-c3ccccc3C)cc21. The molecule has 0 spiro atoms. The van der Waals surface area contributed by atoms with E-state index in [1.54, 1.807) is 0 Å². The molecule has 0 saturated heterocycles. The molecule has 5 aromatic rings. The van der Waals surface area contributed by atoms with Gasteiger partial charge >= 0.3 is 0 Å². The molecule has 1 aliphatic rings. The number of hydrogen-bond donors (Lipinski definition) is 0. The average molecular weight is 677 g/mol. The van der Waals surface area contributed by atoms with E-state index in [1.165, 1.54) is 110 Å². The van der Waals surface area contributed by atoms with Gasteiger partial charge in [-0.2, -0.15) is 0 Å². The van der Waals surface area contributed by atoms with Crippen molar-refractivity contribution in [3.63, 3.8) is 0 Å². The second-order valence-corrected chi connectivity index (χ2v) is 19.6. The van der Waals surface area contributed by atoms with Crippen LogP contribution in [0.3, 0.4) is 0 Å². The van der Waals surface area contributed by atoms with Crippen molar-refractivity contribution in [2.24, 2.45) is 0 Å². The molecule has 0 N–H and O–H groups in total. The highest BCUT2D eigenvalue weighted by Gasteiger charge is 2.44. The summed E-state index contributed by atoms with van der Waals surface area (Å²) in [6.45, 7) is 18.9. The summed E-state index contributed by atoms with van der Waals surface area (Å²) >= 11 is 0. The normalized spacial score (nSPS) is 12.5. The van der Waals surface area contributed by atoms with Gasteiger partial charge in [-0.25, -0.2) is 0 Å². The molecule has 0 aliphatic heterocycles. The van der Waals surface area contributed by atoms with E-state index >= 15 is 0 Å². The highest BCUT2D eigenvalue weighted by atomic mass is 28.3. The predicted molar refractivity (Wildman–Crippen MR) is 220 cm³/mol. The molecule has 6 rings (SSSR count). The third-order valence-corrected chi connectivity index (χ3v) is 14.9. The summed E-state index contributed by atoms with van der Waals surface area (Å²) in [5, 5.41) is 1.46. The summed E-state index contributed by atoms with van der Waals surface area (Å²) in [6.07, 6.45) is 11.5. The van der Waals surface area contributed by atoms with Crippen LogP contribution in [0.1, 0.15) is 91.3 Å². The lowest BCUT2D eigenvalue weighted by molar-refractivity contribution is 0.361. The number of fused-ring (bicyclic) bond motifs is 3. The highest BCUT2D eigenvalue weighted by molar-refractivity contribution is 6.92. The van der Waals surface area contributed by atoms with Gasteiger partial charge in [0.15, 0.2) is 0 Å². The van der Waals surface area contributed by atoms with Crippen LogP contribution in [0.15, 0.2) is 110 Å². The molecule has 5 aromatic carbocycles. The summed E-state index contributed by atoms with van der Waals surface area (Å²) in [7, 11) is -2.34. The van der Waals surface area contributed by atoms with Crippen LogP contribution in [0.5, 0.6) is 5.75 Å². The Balaban J connectivity index is 1.59. The van der Waals surface area contributed by atoms with Crippen molar-refractivity contribution in [2.45, 2.75) is 97.7 Å². The molecule has 0 unspecified atom stereocenters. The van der Waals surface area contributed by atoms with Gasteiger partial charge in [-0.1, -0.05) is 162 Å². The molecule has 0 heterocycles. The van der Waals surface area contributed by atoms with Gasteiger partial charge in [0.1, 0.15) is 12.4 Å². The predicted octanol–water partition coefficient (Wildman–Crippen LogP) is 12.9. The molecule has 2 heteroatoms. The van der Waals surface area contributed by atoms with Crippen molar-refractivity contribution in [2.75, 3.05) is 6.61 Å². The van der Waals surface area contributed by atoms with Gasteiger partial charge in [0.2, 0.25) is 0 Å². The van der Waals surface area contributed by atoms with Gasteiger partial charge in [0.05, 0.1) is 8.07 Å². The van der Waals surface area contributed by atoms with E-state index in [9.17, 15) is 0 Å². The highest BCUT2D eigenvalue weighted by Crippen LogP contribution is 2.51. The topological polar surface area (TPSA) is 9.23 Å². The third kappa shape index (κ3) is 7.19. The molecule has 50 heavy (non-hydrogen) atoms. The molecule has 1 nitrogen and oxygen atoms in total. The van der Waals surface area contributed by atoms with Gasteiger partial charge in [0, 0.05) is 5.54 Å². The zero-order valence-electron chi connectivity index (χ0n) is 31.4. The quantitative estimate of drug-likeness (QED) is 0.0609. The Morgan fingerprint density at radius 1 is 0.640 bits per heavy atom. The molecule has 0 saturated carbocycles. The number of aryl methyl sites for hydroxylation is 4. The summed E-state index contributed by atoms with van der Waals surface area (Å²) < 4.78 is 6.78. The van der Waals surface area contributed by atoms with Crippen LogP contribution >= 0.6 is 0 Å². The number of ether oxygens (including phenoxy) is 1. The fourth-order valence-electron chi connectivity index (χ4n) is 8.34. The van der Waals surface area contributed by atoms with Crippen LogP contribution in [0.2, 0.25) is 13.1 Å². The van der Waals surface area contributed by atoms with Crippen LogP contribution < -0.4 is 9.92 Å². The Labute approximate surface area is 303 Å². The summed E-state index contributed by atoms with van der Waals surface area (Å²) in [4.78, 5) is 0. The van der Waals surface area contributed by atoms with E-state index in [4.69, 9.17) is 4.74 Å². The summed E-state index contributed by atoms with van der Waals surface area (Å²) in [5.74, 6) is 1.14. The molecule has 0 bridgehead atoms. The molecular formula is C48H56OSi. The van der Waals surface area contributed by atoms with E-state index in [1.807, 2.05) is 6.08 Å². The van der Waals surface area contributed by atoms with E-state index in [2.05, 4.69) is 144 Å². The Morgan fingerprint density at radius 3 is 1.70 bits per heavy atom. The molecule has 0 atom stereocenters. The molecule has 0 amide bonds. The Hall–Kier alpha value is -4.14. The third-order valence-electron chi connectivity index (χ3n) is 11.0. The lowest BCUT2D eigenvalue weighted by Gasteiger charge is -2.35. The van der Waals surface area contributed by atoms with Crippen molar-refractivity contribution < 1.29 is 4.74 Å². The largest absolute Gasteiger partial charge is 0.489 e. The molecule has 258 valence electrons. The van der Waals surface area contributed by atoms with Crippen LogP contribution in [0.4, 0.5) is 0 Å². The van der Waals surface area contributed by atoms with E-state index < -0.39 is 8.07 Å². The minimum Gasteiger partial charge on any atom is -0.489 e. The Bertz CT molecular complexity index is 1870. The lowest BCUT2D eigenvalue weighted by atomic mass is 9.95. The number of unbranched alkanes of at least 4 members (excludes halogenated alkanes) is 4. The van der Waals surface area contributed by atoms with Crippen molar-refractivity contribution in [3.05, 3.63) is 143 Å². The molecular weight excluding hydrogens is 621 g/mol. The molecule has 0 aromatic heterocycles. The van der Waals surface area contributed by atoms with Gasteiger partial charge in [-0.15, -0.1) is 0 Å². The van der Waals surface area contributed by atoms with Crippen molar-refractivity contribution >= 4 is 13.3 Å². The van der Waals surface area contributed by atoms with Crippen LogP contribution in [0.25, 0.3) is 33.4 Å². The fourth-order valence-corrected chi connectivity index (χ4v) is 12.1. The van der Waals surface area contributed by atoms with Crippen molar-refractivity contribution in [3.8, 4) is 39.1 Å². The Kier molecular flexibility index (Phi) is 11.3. The second kappa shape index (κ2) is 15.8. The molecule has 1 aliphatic carbocycles. The van der Waals surface area contributed by atoms with E-state index in [-0.39, 0.29) is 5.54 Å². The van der Waals surface area contributed by atoms with Gasteiger partial charge in [0.25, 0.3) is 0 Å². The maximum absolute atomic E-state index is 6.78. The maximum atomic E-state index is 6.78. The maximum Gasteiger partial charge on any atom is 0.122 e. The number of hydrogen-bond acceptors (Lipinski definition) is 1.